The molecular weight excluding hydrogens is 262 g/mol. The van der Waals surface area contributed by atoms with Crippen LogP contribution in [0.1, 0.15) is 38.7 Å². The Labute approximate surface area is 127 Å². The molecule has 1 saturated heterocycles. The molecule has 0 aromatic heterocycles. The molecule has 0 saturated carbocycles. The molecular formula is C18H25NO2. The Bertz CT molecular complexity index is 490. The first kappa shape index (κ1) is 15.8. The molecule has 1 fully saturated rings. The molecule has 1 aliphatic heterocycles. The van der Waals surface area contributed by atoms with Gasteiger partial charge in [0.25, 0.3) is 0 Å². The zero-order valence-electron chi connectivity index (χ0n) is 13.1. The number of hydrogen-bond acceptors (Lipinski definition) is 3. The van der Waals surface area contributed by atoms with Gasteiger partial charge in [-0.25, -0.2) is 0 Å². The molecule has 0 bridgehead atoms. The Balaban J connectivity index is 2.04. The number of piperidine rings is 1. The molecule has 3 heteroatoms. The fraction of sp³-hybridized carbons (Fsp3) is 0.500. The van der Waals surface area contributed by atoms with Crippen LogP contribution in [0.4, 0.5) is 0 Å². The van der Waals surface area contributed by atoms with Gasteiger partial charge in [0, 0.05) is 25.1 Å². The molecule has 0 atom stereocenters. The third kappa shape index (κ3) is 4.71. The molecule has 21 heavy (non-hydrogen) atoms. The van der Waals surface area contributed by atoms with Crippen LogP contribution in [0.2, 0.25) is 0 Å². The summed E-state index contributed by atoms with van der Waals surface area (Å²) in [6.07, 6.45) is 4.80. The third-order valence-electron chi connectivity index (χ3n) is 3.64. The normalized spacial score (nSPS) is 18.2. The van der Waals surface area contributed by atoms with E-state index < -0.39 is 0 Å². The number of benzene rings is 1. The molecule has 1 heterocycles. The second-order valence-electron chi connectivity index (χ2n) is 5.54. The van der Waals surface area contributed by atoms with Crippen LogP contribution in [-0.4, -0.2) is 36.9 Å². The highest BCUT2D eigenvalue weighted by atomic mass is 16.5. The monoisotopic (exact) mass is 287 g/mol. The first-order valence-electron chi connectivity index (χ1n) is 7.92. The van der Waals surface area contributed by atoms with Gasteiger partial charge in [-0.1, -0.05) is 26.0 Å². The van der Waals surface area contributed by atoms with E-state index in [4.69, 9.17) is 4.74 Å². The molecule has 1 aromatic carbocycles. The molecule has 2 rings (SSSR count). The van der Waals surface area contributed by atoms with Crippen molar-refractivity contribution >= 4 is 11.9 Å². The van der Waals surface area contributed by atoms with E-state index in [0.29, 0.717) is 6.42 Å². The molecule has 0 aliphatic carbocycles. The maximum Gasteiger partial charge on any atom is 0.161 e. The number of ketones is 1. The zero-order chi connectivity index (χ0) is 15.1. The van der Waals surface area contributed by atoms with Gasteiger partial charge in [-0.3, -0.25) is 9.69 Å². The van der Waals surface area contributed by atoms with Crippen LogP contribution in [0.5, 0.6) is 5.75 Å². The van der Waals surface area contributed by atoms with Crippen LogP contribution in [0.25, 0.3) is 6.08 Å². The summed E-state index contributed by atoms with van der Waals surface area (Å²) in [6.45, 7) is 7.75. The number of likely N-dealkylation sites (tertiary alicyclic amines) is 1. The molecule has 0 spiro atoms. The highest BCUT2D eigenvalue weighted by molar-refractivity contribution is 6.00. The van der Waals surface area contributed by atoms with Gasteiger partial charge in [-0.2, -0.15) is 0 Å². The number of carbonyl (C=O) groups is 1. The van der Waals surface area contributed by atoms with E-state index in [9.17, 15) is 4.79 Å². The van der Waals surface area contributed by atoms with Crippen molar-refractivity contribution in [3.8, 4) is 5.75 Å². The fourth-order valence-electron chi connectivity index (χ4n) is 2.54. The quantitative estimate of drug-likeness (QED) is 0.749. The minimum Gasteiger partial charge on any atom is -0.494 e. The van der Waals surface area contributed by atoms with E-state index in [2.05, 4.69) is 18.7 Å². The van der Waals surface area contributed by atoms with Gasteiger partial charge in [0.15, 0.2) is 5.78 Å². The molecule has 1 aromatic rings. The second-order valence-corrected chi connectivity index (χ2v) is 5.54. The molecule has 3 nitrogen and oxygen atoms in total. The number of carbonyl (C=O) groups excluding carboxylic acids is 1. The standard InChI is InChI=1S/C18H25NO2/c1-3-10-19-11-9-18(20)16(14-19)13-15-5-7-17(8-6-15)21-12-4-2/h5-8,13H,3-4,9-12,14H2,1-2H3/b16-13+. The summed E-state index contributed by atoms with van der Waals surface area (Å²) in [7, 11) is 0. The van der Waals surface area contributed by atoms with Crippen molar-refractivity contribution in [1.82, 2.24) is 4.90 Å². The lowest BCUT2D eigenvalue weighted by atomic mass is 10.00. The molecule has 1 aliphatic rings. The Hall–Kier alpha value is -1.61. The van der Waals surface area contributed by atoms with Crippen molar-refractivity contribution in [3.05, 3.63) is 35.4 Å². The molecule has 0 radical (unpaired) electrons. The van der Waals surface area contributed by atoms with E-state index in [1.54, 1.807) is 0 Å². The average Bonchev–Trinajstić information content (AvgIpc) is 2.50. The van der Waals surface area contributed by atoms with Gasteiger partial charge in [0.05, 0.1) is 6.61 Å². The van der Waals surface area contributed by atoms with E-state index in [0.717, 1.165) is 56.0 Å². The Morgan fingerprint density at radius 3 is 2.62 bits per heavy atom. The van der Waals surface area contributed by atoms with Gasteiger partial charge in [0.1, 0.15) is 5.75 Å². The minimum atomic E-state index is 0.286. The number of rotatable bonds is 6. The summed E-state index contributed by atoms with van der Waals surface area (Å²) in [6, 6.07) is 7.98. The van der Waals surface area contributed by atoms with Gasteiger partial charge < -0.3 is 4.74 Å². The number of nitrogens with zero attached hydrogens (tertiary/aromatic N) is 1. The van der Waals surface area contributed by atoms with Crippen molar-refractivity contribution in [2.75, 3.05) is 26.2 Å². The van der Waals surface area contributed by atoms with Crippen LogP contribution in [0.3, 0.4) is 0 Å². The van der Waals surface area contributed by atoms with Crippen molar-refractivity contribution < 1.29 is 9.53 Å². The number of hydrogen-bond donors (Lipinski definition) is 0. The van der Waals surface area contributed by atoms with Crippen LogP contribution < -0.4 is 4.74 Å². The van der Waals surface area contributed by atoms with E-state index in [1.807, 2.05) is 30.3 Å². The summed E-state index contributed by atoms with van der Waals surface area (Å²) in [5, 5.41) is 0. The average molecular weight is 287 g/mol. The topological polar surface area (TPSA) is 29.5 Å². The van der Waals surface area contributed by atoms with Gasteiger partial charge in [-0.05, 0) is 43.2 Å². The SMILES string of the molecule is CCCOc1ccc(/C=C2\CN(CCC)CCC2=O)cc1. The first-order valence-corrected chi connectivity index (χ1v) is 7.92. The highest BCUT2D eigenvalue weighted by Crippen LogP contribution is 2.18. The summed E-state index contributed by atoms with van der Waals surface area (Å²) >= 11 is 0. The van der Waals surface area contributed by atoms with Crippen molar-refractivity contribution in [3.63, 3.8) is 0 Å². The highest BCUT2D eigenvalue weighted by Gasteiger charge is 2.20. The maximum absolute atomic E-state index is 12.0. The predicted molar refractivity (Wildman–Crippen MR) is 86.6 cm³/mol. The molecule has 114 valence electrons. The van der Waals surface area contributed by atoms with Crippen molar-refractivity contribution in [1.29, 1.82) is 0 Å². The van der Waals surface area contributed by atoms with E-state index >= 15 is 0 Å². The lowest BCUT2D eigenvalue weighted by molar-refractivity contribution is -0.117. The van der Waals surface area contributed by atoms with E-state index in [1.165, 1.54) is 0 Å². The first-order chi connectivity index (χ1) is 10.2. The maximum atomic E-state index is 12.0. The molecule has 0 amide bonds. The Morgan fingerprint density at radius 1 is 1.19 bits per heavy atom. The van der Waals surface area contributed by atoms with Crippen LogP contribution in [0.15, 0.2) is 29.8 Å². The van der Waals surface area contributed by atoms with Gasteiger partial charge in [0.2, 0.25) is 0 Å². The minimum absolute atomic E-state index is 0.286. The molecule has 0 unspecified atom stereocenters. The van der Waals surface area contributed by atoms with E-state index in [-0.39, 0.29) is 5.78 Å². The van der Waals surface area contributed by atoms with Gasteiger partial charge in [-0.15, -0.1) is 0 Å². The fourth-order valence-corrected chi connectivity index (χ4v) is 2.54. The second kappa shape index (κ2) is 7.99. The zero-order valence-corrected chi connectivity index (χ0v) is 13.1. The summed E-state index contributed by atoms with van der Waals surface area (Å²) < 4.78 is 5.57. The lowest BCUT2D eigenvalue weighted by Crippen LogP contribution is -2.36. The smallest absolute Gasteiger partial charge is 0.161 e. The van der Waals surface area contributed by atoms with Crippen LogP contribution in [-0.2, 0) is 4.79 Å². The Kier molecular flexibility index (Phi) is 6.00. The summed E-state index contributed by atoms with van der Waals surface area (Å²) in [5.74, 6) is 1.18. The Morgan fingerprint density at radius 2 is 1.95 bits per heavy atom. The largest absolute Gasteiger partial charge is 0.494 e. The van der Waals surface area contributed by atoms with Crippen molar-refractivity contribution in [2.24, 2.45) is 0 Å². The van der Waals surface area contributed by atoms with Crippen LogP contribution >= 0.6 is 0 Å². The number of ether oxygens (including phenoxy) is 1. The predicted octanol–water partition coefficient (Wildman–Crippen LogP) is 3.54. The van der Waals surface area contributed by atoms with Crippen LogP contribution in [0, 0.1) is 0 Å². The lowest BCUT2D eigenvalue weighted by Gasteiger charge is -2.27. The molecule has 0 N–H and O–H groups in total. The number of Topliss-reactive ketones (excluding diaryl/α,β-unsaturated/α-hetero) is 1. The van der Waals surface area contributed by atoms with Crippen molar-refractivity contribution in [2.45, 2.75) is 33.1 Å². The summed E-state index contributed by atoms with van der Waals surface area (Å²) in [5.41, 5.74) is 2.00. The summed E-state index contributed by atoms with van der Waals surface area (Å²) in [4.78, 5) is 14.4. The van der Waals surface area contributed by atoms with Gasteiger partial charge >= 0.3 is 0 Å². The third-order valence-corrected chi connectivity index (χ3v) is 3.64.